The number of aryl methyl sites for hydroxylation is 1. The van der Waals surface area contributed by atoms with E-state index >= 15 is 0 Å². The Bertz CT molecular complexity index is 745. The van der Waals surface area contributed by atoms with Gasteiger partial charge in [0.2, 0.25) is 0 Å². The fourth-order valence-electron chi connectivity index (χ4n) is 1.91. The molecule has 0 aliphatic rings. The number of ether oxygens (including phenoxy) is 1. The van der Waals surface area contributed by atoms with Crippen molar-refractivity contribution in [2.75, 3.05) is 7.11 Å². The van der Waals surface area contributed by atoms with Crippen molar-refractivity contribution in [3.8, 4) is 11.8 Å². The number of benzene rings is 1. The third-order valence-electron chi connectivity index (χ3n) is 3.10. The smallest absolute Gasteiger partial charge is 0.268 e. The van der Waals surface area contributed by atoms with Gasteiger partial charge in [-0.1, -0.05) is 6.07 Å². The molecule has 0 aliphatic carbocycles. The van der Waals surface area contributed by atoms with E-state index in [4.69, 9.17) is 10.00 Å². The van der Waals surface area contributed by atoms with Crippen molar-refractivity contribution >= 4 is 0 Å². The highest BCUT2D eigenvalue weighted by Crippen LogP contribution is 2.17. The van der Waals surface area contributed by atoms with E-state index in [2.05, 4.69) is 0 Å². The maximum Gasteiger partial charge on any atom is 0.268 e. The first-order valence-corrected chi connectivity index (χ1v) is 5.99. The zero-order chi connectivity index (χ0) is 14.7. The number of hydrogen-bond donors (Lipinski definition) is 0. The van der Waals surface area contributed by atoms with Crippen LogP contribution in [0.2, 0.25) is 0 Å². The highest BCUT2D eigenvalue weighted by Gasteiger charge is 2.10. The lowest BCUT2D eigenvalue weighted by molar-refractivity contribution is 0.410. The molecule has 2 rings (SSSR count). The molecule has 2 aromatic rings. The van der Waals surface area contributed by atoms with Crippen LogP contribution in [0.1, 0.15) is 16.8 Å². The predicted octanol–water partition coefficient (Wildman–Crippen LogP) is 2.22. The first kappa shape index (κ1) is 13.8. The minimum atomic E-state index is -0.446. The number of pyridine rings is 1. The molecule has 0 saturated heterocycles. The lowest BCUT2D eigenvalue weighted by atomic mass is 10.1. The average Bonchev–Trinajstić information content (AvgIpc) is 2.45. The van der Waals surface area contributed by atoms with Gasteiger partial charge in [0.1, 0.15) is 23.2 Å². The van der Waals surface area contributed by atoms with Gasteiger partial charge in [-0.2, -0.15) is 5.26 Å². The number of halogens is 1. The first-order valence-electron chi connectivity index (χ1n) is 5.99. The van der Waals surface area contributed by atoms with Crippen molar-refractivity contribution in [1.82, 2.24) is 4.57 Å². The van der Waals surface area contributed by atoms with E-state index in [9.17, 15) is 9.18 Å². The summed E-state index contributed by atoms with van der Waals surface area (Å²) in [5, 5.41) is 8.87. The summed E-state index contributed by atoms with van der Waals surface area (Å²) in [5.74, 6) is -0.0286. The summed E-state index contributed by atoms with van der Waals surface area (Å²) >= 11 is 0. The molecule has 5 heteroatoms. The van der Waals surface area contributed by atoms with Gasteiger partial charge in [-0.15, -0.1) is 0 Å². The van der Waals surface area contributed by atoms with Gasteiger partial charge in [0.15, 0.2) is 0 Å². The monoisotopic (exact) mass is 272 g/mol. The van der Waals surface area contributed by atoms with Gasteiger partial charge < -0.3 is 9.30 Å². The van der Waals surface area contributed by atoms with E-state index in [1.165, 1.54) is 23.8 Å². The molecule has 1 aromatic heterocycles. The van der Waals surface area contributed by atoms with Gasteiger partial charge in [0.05, 0.1) is 13.7 Å². The summed E-state index contributed by atoms with van der Waals surface area (Å²) < 4.78 is 20.2. The maximum absolute atomic E-state index is 13.9. The molecule has 0 unspecified atom stereocenters. The van der Waals surface area contributed by atoms with Crippen molar-refractivity contribution in [2.24, 2.45) is 0 Å². The highest BCUT2D eigenvalue weighted by molar-refractivity contribution is 5.31. The third-order valence-corrected chi connectivity index (χ3v) is 3.10. The molecule has 0 N–H and O–H groups in total. The molecule has 0 atom stereocenters. The second-order valence-corrected chi connectivity index (χ2v) is 4.35. The van der Waals surface area contributed by atoms with Gasteiger partial charge >= 0.3 is 0 Å². The molecule has 4 nitrogen and oxygen atoms in total. The van der Waals surface area contributed by atoms with Crippen LogP contribution in [0.5, 0.6) is 5.75 Å². The number of methoxy groups -OCH3 is 1. The Hall–Kier alpha value is -2.61. The van der Waals surface area contributed by atoms with Gasteiger partial charge in [0, 0.05) is 17.3 Å². The molecule has 0 bridgehead atoms. The normalized spacial score (nSPS) is 10.1. The zero-order valence-corrected chi connectivity index (χ0v) is 11.2. The Morgan fingerprint density at radius 2 is 2.10 bits per heavy atom. The Balaban J connectivity index is 2.46. The molecule has 1 aromatic carbocycles. The summed E-state index contributed by atoms with van der Waals surface area (Å²) in [6, 6.07) is 9.44. The SMILES string of the molecule is COc1ccc(Cn2c(C)ccc(C#N)c2=O)c(F)c1. The van der Waals surface area contributed by atoms with Gasteiger partial charge in [-0.05, 0) is 25.1 Å². The summed E-state index contributed by atoms with van der Waals surface area (Å²) in [5.41, 5.74) is 0.669. The van der Waals surface area contributed by atoms with E-state index in [1.807, 2.05) is 6.07 Å². The van der Waals surface area contributed by atoms with E-state index < -0.39 is 11.4 Å². The lowest BCUT2D eigenvalue weighted by Gasteiger charge is -2.11. The number of hydrogen-bond acceptors (Lipinski definition) is 3. The van der Waals surface area contributed by atoms with Crippen LogP contribution in [0.4, 0.5) is 4.39 Å². The van der Waals surface area contributed by atoms with Crippen LogP contribution in [0, 0.1) is 24.1 Å². The van der Waals surface area contributed by atoms with Crippen LogP contribution in [-0.4, -0.2) is 11.7 Å². The zero-order valence-electron chi connectivity index (χ0n) is 11.2. The molecule has 1 heterocycles. The summed E-state index contributed by atoms with van der Waals surface area (Å²) in [7, 11) is 1.46. The largest absolute Gasteiger partial charge is 0.497 e. The van der Waals surface area contributed by atoms with Crippen molar-refractivity contribution < 1.29 is 9.13 Å². The van der Waals surface area contributed by atoms with Crippen molar-refractivity contribution in [2.45, 2.75) is 13.5 Å². The average molecular weight is 272 g/mol. The summed E-state index contributed by atoms with van der Waals surface area (Å²) in [4.78, 5) is 12.1. The Morgan fingerprint density at radius 3 is 2.70 bits per heavy atom. The maximum atomic E-state index is 13.9. The van der Waals surface area contributed by atoms with Crippen LogP contribution in [0.3, 0.4) is 0 Å². The predicted molar refractivity (Wildman–Crippen MR) is 72.2 cm³/mol. The summed E-state index contributed by atoms with van der Waals surface area (Å²) in [6.45, 7) is 1.82. The van der Waals surface area contributed by atoms with Crippen LogP contribution >= 0.6 is 0 Å². The molecule has 0 fully saturated rings. The topological polar surface area (TPSA) is 55.0 Å². The minimum Gasteiger partial charge on any atom is -0.497 e. The third kappa shape index (κ3) is 2.54. The molecule has 0 radical (unpaired) electrons. The van der Waals surface area contributed by atoms with E-state index in [1.54, 1.807) is 25.1 Å². The van der Waals surface area contributed by atoms with Gasteiger partial charge in [-0.25, -0.2) is 4.39 Å². The van der Waals surface area contributed by atoms with Crippen molar-refractivity contribution in [3.63, 3.8) is 0 Å². The van der Waals surface area contributed by atoms with Crippen LogP contribution in [0.25, 0.3) is 0 Å². The van der Waals surface area contributed by atoms with Crippen molar-refractivity contribution in [3.05, 3.63) is 63.3 Å². The standard InChI is InChI=1S/C15H13FN2O2/c1-10-3-4-11(8-17)15(19)18(10)9-12-5-6-13(20-2)7-14(12)16/h3-7H,9H2,1-2H3. The second-order valence-electron chi connectivity index (χ2n) is 4.35. The highest BCUT2D eigenvalue weighted by atomic mass is 19.1. The molecule has 0 amide bonds. The first-order chi connectivity index (χ1) is 9.56. The van der Waals surface area contributed by atoms with Crippen LogP contribution < -0.4 is 10.3 Å². The quantitative estimate of drug-likeness (QED) is 0.861. The molecule has 0 spiro atoms. The fraction of sp³-hybridized carbons (Fsp3) is 0.200. The second kappa shape index (κ2) is 5.57. The number of rotatable bonds is 3. The van der Waals surface area contributed by atoms with E-state index in [0.29, 0.717) is 17.0 Å². The minimum absolute atomic E-state index is 0.0459. The van der Waals surface area contributed by atoms with Crippen LogP contribution in [-0.2, 0) is 6.54 Å². The van der Waals surface area contributed by atoms with E-state index in [0.717, 1.165) is 0 Å². The van der Waals surface area contributed by atoms with Crippen molar-refractivity contribution in [1.29, 1.82) is 5.26 Å². The van der Waals surface area contributed by atoms with Gasteiger partial charge in [0.25, 0.3) is 5.56 Å². The summed E-state index contributed by atoms with van der Waals surface area (Å²) in [6.07, 6.45) is 0. The Morgan fingerprint density at radius 1 is 1.35 bits per heavy atom. The molecule has 102 valence electrons. The van der Waals surface area contributed by atoms with E-state index in [-0.39, 0.29) is 12.1 Å². The number of nitriles is 1. The number of aromatic nitrogens is 1. The Labute approximate surface area is 115 Å². The lowest BCUT2D eigenvalue weighted by Crippen LogP contribution is -2.25. The number of nitrogens with zero attached hydrogens (tertiary/aromatic N) is 2. The van der Waals surface area contributed by atoms with Crippen LogP contribution in [0.15, 0.2) is 35.1 Å². The molecular weight excluding hydrogens is 259 g/mol. The fourth-order valence-corrected chi connectivity index (χ4v) is 1.91. The molecule has 20 heavy (non-hydrogen) atoms. The molecule has 0 saturated carbocycles. The molecular formula is C15H13FN2O2. The molecule has 0 aliphatic heterocycles. The Kier molecular flexibility index (Phi) is 3.85. The van der Waals surface area contributed by atoms with Gasteiger partial charge in [-0.3, -0.25) is 4.79 Å².